The first-order valence-corrected chi connectivity index (χ1v) is 8.76. The molecule has 3 atom stereocenters. The van der Waals surface area contributed by atoms with E-state index in [1.54, 1.807) is 11.5 Å². The van der Waals surface area contributed by atoms with Gasteiger partial charge in [0.15, 0.2) is 0 Å². The van der Waals surface area contributed by atoms with E-state index in [2.05, 4.69) is 49.6 Å². The minimum Gasteiger partial charge on any atom is -0.312 e. The monoisotopic (exact) mass is 295 g/mol. The molecule has 3 nitrogen and oxygen atoms in total. The summed E-state index contributed by atoms with van der Waals surface area (Å²) in [7, 11) is 2.10. The molecule has 1 fully saturated rings. The Hall–Kier alpha value is -0.480. The van der Waals surface area contributed by atoms with Crippen molar-refractivity contribution in [3.8, 4) is 0 Å². The molecule has 4 heteroatoms. The predicted molar refractivity (Wildman–Crippen MR) is 86.1 cm³/mol. The fourth-order valence-electron chi connectivity index (χ4n) is 3.64. The second kappa shape index (κ2) is 6.52. The van der Waals surface area contributed by atoms with Crippen LogP contribution in [0.25, 0.3) is 0 Å². The van der Waals surface area contributed by atoms with E-state index >= 15 is 0 Å². The largest absolute Gasteiger partial charge is 0.312 e. The maximum Gasteiger partial charge on any atom is 0.0857 e. The fraction of sp³-hybridized carbons (Fsp3) is 0.875. The van der Waals surface area contributed by atoms with E-state index in [-0.39, 0.29) is 5.41 Å². The first kappa shape index (κ1) is 15.9. The Morgan fingerprint density at radius 2 is 2.00 bits per heavy atom. The van der Waals surface area contributed by atoms with E-state index < -0.39 is 0 Å². The highest BCUT2D eigenvalue weighted by Crippen LogP contribution is 2.43. The van der Waals surface area contributed by atoms with E-state index in [4.69, 9.17) is 0 Å². The van der Waals surface area contributed by atoms with Crippen LogP contribution < -0.4 is 5.32 Å². The molecule has 0 aliphatic heterocycles. The molecule has 0 radical (unpaired) electrons. The van der Waals surface area contributed by atoms with Crippen molar-refractivity contribution in [1.82, 2.24) is 14.9 Å². The topological polar surface area (TPSA) is 37.8 Å². The van der Waals surface area contributed by atoms with Gasteiger partial charge in [-0.3, -0.25) is 0 Å². The average molecular weight is 295 g/mol. The number of hydrogen-bond acceptors (Lipinski definition) is 4. The van der Waals surface area contributed by atoms with Crippen molar-refractivity contribution in [3.63, 3.8) is 0 Å². The Morgan fingerprint density at radius 3 is 2.60 bits per heavy atom. The van der Waals surface area contributed by atoms with Crippen LogP contribution in [-0.2, 0) is 5.41 Å². The van der Waals surface area contributed by atoms with Gasteiger partial charge >= 0.3 is 0 Å². The first-order chi connectivity index (χ1) is 9.49. The van der Waals surface area contributed by atoms with Gasteiger partial charge in [0.25, 0.3) is 0 Å². The van der Waals surface area contributed by atoms with Crippen LogP contribution in [0.3, 0.4) is 0 Å². The summed E-state index contributed by atoms with van der Waals surface area (Å²) in [6.07, 6.45) is 6.79. The molecule has 1 aliphatic rings. The van der Waals surface area contributed by atoms with Gasteiger partial charge in [0, 0.05) is 11.5 Å². The molecule has 1 saturated carbocycles. The lowest BCUT2D eigenvalue weighted by Crippen LogP contribution is -2.33. The Balaban J connectivity index is 2.30. The molecule has 0 saturated heterocycles. The zero-order valence-electron chi connectivity index (χ0n) is 13.6. The minimum atomic E-state index is 0.0772. The van der Waals surface area contributed by atoms with Gasteiger partial charge < -0.3 is 5.32 Å². The van der Waals surface area contributed by atoms with Crippen molar-refractivity contribution in [2.24, 2.45) is 11.8 Å². The van der Waals surface area contributed by atoms with Gasteiger partial charge in [0.1, 0.15) is 0 Å². The van der Waals surface area contributed by atoms with Gasteiger partial charge in [0.05, 0.1) is 10.6 Å². The van der Waals surface area contributed by atoms with Gasteiger partial charge in [-0.2, -0.15) is 0 Å². The lowest BCUT2D eigenvalue weighted by atomic mass is 9.73. The maximum atomic E-state index is 4.43. The number of nitrogens with one attached hydrogen (secondary N) is 1. The third-order valence-electron chi connectivity index (χ3n) is 4.74. The highest BCUT2D eigenvalue weighted by molar-refractivity contribution is 7.05. The second-order valence-electron chi connectivity index (χ2n) is 7.12. The summed E-state index contributed by atoms with van der Waals surface area (Å²) in [6.45, 7) is 9.04. The quantitative estimate of drug-likeness (QED) is 0.899. The second-order valence-corrected chi connectivity index (χ2v) is 7.90. The standard InChI is InChI=1S/C16H29N3S/c1-6-11-9-7-8-10-12(11)13(17-5)14-15(16(2,3)4)18-19-20-14/h11-13,17H,6-10H2,1-5H3. The van der Waals surface area contributed by atoms with E-state index in [0.717, 1.165) is 11.8 Å². The summed E-state index contributed by atoms with van der Waals surface area (Å²) in [4.78, 5) is 1.37. The Labute approximate surface area is 127 Å². The van der Waals surface area contributed by atoms with Gasteiger partial charge in [-0.1, -0.05) is 57.9 Å². The number of aromatic nitrogens is 2. The van der Waals surface area contributed by atoms with Crippen molar-refractivity contribution < 1.29 is 0 Å². The van der Waals surface area contributed by atoms with Crippen molar-refractivity contribution >= 4 is 11.5 Å². The predicted octanol–water partition coefficient (Wildman–Crippen LogP) is 4.31. The molecule has 0 amide bonds. The van der Waals surface area contributed by atoms with Gasteiger partial charge in [0.2, 0.25) is 0 Å². The lowest BCUT2D eigenvalue weighted by Gasteiger charge is -2.37. The number of nitrogens with zero attached hydrogens (tertiary/aromatic N) is 2. The van der Waals surface area contributed by atoms with Crippen LogP contribution in [0.2, 0.25) is 0 Å². The van der Waals surface area contributed by atoms with Crippen molar-refractivity contribution in [2.75, 3.05) is 7.05 Å². The van der Waals surface area contributed by atoms with E-state index in [9.17, 15) is 0 Å². The molecule has 1 aromatic rings. The molecule has 1 heterocycles. The highest BCUT2D eigenvalue weighted by atomic mass is 32.1. The summed E-state index contributed by atoms with van der Waals surface area (Å²) in [5.74, 6) is 1.58. The Morgan fingerprint density at radius 1 is 1.30 bits per heavy atom. The van der Waals surface area contributed by atoms with E-state index in [1.165, 1.54) is 42.7 Å². The highest BCUT2D eigenvalue weighted by Gasteiger charge is 2.35. The molecule has 3 unspecified atom stereocenters. The summed E-state index contributed by atoms with van der Waals surface area (Å²) in [6, 6.07) is 0.425. The summed E-state index contributed by atoms with van der Waals surface area (Å²) in [5, 5.41) is 8.01. The molecule has 1 aromatic heterocycles. The smallest absolute Gasteiger partial charge is 0.0857 e. The van der Waals surface area contributed by atoms with Crippen LogP contribution in [0.4, 0.5) is 0 Å². The van der Waals surface area contributed by atoms with Gasteiger partial charge in [-0.05, 0) is 36.8 Å². The number of rotatable bonds is 4. The maximum absolute atomic E-state index is 4.43. The SMILES string of the molecule is CCC1CCCCC1C(NC)c1snnc1C(C)(C)C. The molecule has 1 N–H and O–H groups in total. The third-order valence-corrected chi connectivity index (χ3v) is 5.54. The number of hydrogen-bond donors (Lipinski definition) is 1. The molecule has 114 valence electrons. The third kappa shape index (κ3) is 3.22. The Bertz CT molecular complexity index is 422. The van der Waals surface area contributed by atoms with Gasteiger partial charge in [-0.15, -0.1) is 5.10 Å². The first-order valence-electron chi connectivity index (χ1n) is 7.99. The van der Waals surface area contributed by atoms with Crippen LogP contribution in [0, 0.1) is 11.8 Å². The summed E-state index contributed by atoms with van der Waals surface area (Å²) >= 11 is 1.59. The zero-order valence-corrected chi connectivity index (χ0v) is 14.4. The van der Waals surface area contributed by atoms with Crippen molar-refractivity contribution in [2.45, 2.75) is 71.3 Å². The molecular weight excluding hydrogens is 266 g/mol. The van der Waals surface area contributed by atoms with Crippen LogP contribution in [0.1, 0.15) is 76.4 Å². The molecular formula is C16H29N3S. The molecule has 2 rings (SSSR count). The van der Waals surface area contributed by atoms with E-state index in [0.29, 0.717) is 6.04 Å². The molecule has 20 heavy (non-hydrogen) atoms. The Kier molecular flexibility index (Phi) is 5.19. The van der Waals surface area contributed by atoms with Crippen LogP contribution in [-0.4, -0.2) is 16.6 Å². The fourth-order valence-corrected chi connectivity index (χ4v) is 4.69. The molecule has 0 spiro atoms. The molecule has 0 bridgehead atoms. The zero-order chi connectivity index (χ0) is 14.8. The average Bonchev–Trinajstić information content (AvgIpc) is 2.89. The van der Waals surface area contributed by atoms with Crippen LogP contribution in [0.15, 0.2) is 0 Å². The lowest BCUT2D eigenvalue weighted by molar-refractivity contribution is 0.181. The minimum absolute atomic E-state index is 0.0772. The van der Waals surface area contributed by atoms with Crippen molar-refractivity contribution in [3.05, 3.63) is 10.6 Å². The molecule has 0 aromatic carbocycles. The summed E-state index contributed by atoms with van der Waals surface area (Å²) in [5.41, 5.74) is 1.26. The van der Waals surface area contributed by atoms with Gasteiger partial charge in [-0.25, -0.2) is 0 Å². The van der Waals surface area contributed by atoms with Crippen LogP contribution in [0.5, 0.6) is 0 Å². The van der Waals surface area contributed by atoms with Crippen molar-refractivity contribution in [1.29, 1.82) is 0 Å². The van der Waals surface area contributed by atoms with Crippen LogP contribution >= 0.6 is 11.5 Å². The molecule has 1 aliphatic carbocycles. The van der Waals surface area contributed by atoms with E-state index in [1.807, 2.05) is 0 Å². The normalized spacial score (nSPS) is 25.6. The summed E-state index contributed by atoms with van der Waals surface area (Å²) < 4.78 is 4.25.